The average molecular weight is 433 g/mol. The molecule has 2 aromatic carbocycles. The Labute approximate surface area is 182 Å². The standard InChI is InChI=1S/C23H19N3O4S/c1-15(27)24-13-17-11-12-21(30-17)19-14-31-23(25-19)26-22(28)18-9-5-6-10-20(18)29-16-7-3-2-4-8-16/h2-12,14H,13H2,1H3,(H,24,27)(H,25,26,28). The van der Waals surface area contributed by atoms with Crippen molar-refractivity contribution in [2.75, 3.05) is 5.32 Å². The number of nitrogens with one attached hydrogen (secondary N) is 2. The van der Waals surface area contributed by atoms with E-state index < -0.39 is 0 Å². The van der Waals surface area contributed by atoms with Gasteiger partial charge in [-0.25, -0.2) is 4.98 Å². The maximum atomic E-state index is 12.8. The number of ether oxygens (including phenoxy) is 1. The minimum absolute atomic E-state index is 0.131. The molecule has 8 heteroatoms. The van der Waals surface area contributed by atoms with Gasteiger partial charge in [-0.15, -0.1) is 11.3 Å². The van der Waals surface area contributed by atoms with Crippen LogP contribution in [0.5, 0.6) is 11.5 Å². The number of hydrogen-bond donors (Lipinski definition) is 2. The van der Waals surface area contributed by atoms with Gasteiger partial charge in [-0.1, -0.05) is 30.3 Å². The molecule has 0 fully saturated rings. The molecule has 0 saturated carbocycles. The quantitative estimate of drug-likeness (QED) is 0.424. The first-order valence-corrected chi connectivity index (χ1v) is 10.4. The molecule has 0 aliphatic rings. The number of furan rings is 1. The molecular weight excluding hydrogens is 414 g/mol. The van der Waals surface area contributed by atoms with E-state index in [1.807, 2.05) is 36.4 Å². The van der Waals surface area contributed by atoms with Crippen LogP contribution in [0.15, 0.2) is 76.5 Å². The number of hydrogen-bond acceptors (Lipinski definition) is 6. The van der Waals surface area contributed by atoms with Crippen LogP contribution < -0.4 is 15.4 Å². The Balaban J connectivity index is 1.46. The number of benzene rings is 2. The predicted octanol–water partition coefficient (Wildman–Crippen LogP) is 5.08. The predicted molar refractivity (Wildman–Crippen MR) is 118 cm³/mol. The van der Waals surface area contributed by atoms with Crippen molar-refractivity contribution in [3.63, 3.8) is 0 Å². The molecule has 0 saturated heterocycles. The summed E-state index contributed by atoms with van der Waals surface area (Å²) in [6.45, 7) is 1.75. The second-order valence-corrected chi connectivity index (χ2v) is 7.44. The van der Waals surface area contributed by atoms with E-state index in [4.69, 9.17) is 9.15 Å². The van der Waals surface area contributed by atoms with Crippen LogP contribution in [0.25, 0.3) is 11.5 Å². The zero-order valence-electron chi connectivity index (χ0n) is 16.6. The van der Waals surface area contributed by atoms with Crippen LogP contribution in [0, 0.1) is 0 Å². The third kappa shape index (κ3) is 5.18. The van der Waals surface area contributed by atoms with Gasteiger partial charge in [0.1, 0.15) is 23.0 Å². The number of rotatable bonds is 7. The van der Waals surface area contributed by atoms with E-state index >= 15 is 0 Å². The van der Waals surface area contributed by atoms with E-state index in [1.54, 1.807) is 35.7 Å². The second-order valence-electron chi connectivity index (χ2n) is 6.58. The third-order valence-corrected chi connectivity index (χ3v) is 5.01. The zero-order valence-corrected chi connectivity index (χ0v) is 17.4. The van der Waals surface area contributed by atoms with Crippen molar-refractivity contribution in [2.45, 2.75) is 13.5 Å². The molecule has 0 aliphatic heterocycles. The lowest BCUT2D eigenvalue weighted by Crippen LogP contribution is -2.18. The fourth-order valence-electron chi connectivity index (χ4n) is 2.79. The van der Waals surface area contributed by atoms with Crippen LogP contribution >= 0.6 is 11.3 Å². The van der Waals surface area contributed by atoms with Crippen molar-refractivity contribution in [1.29, 1.82) is 0 Å². The number of para-hydroxylation sites is 2. The highest BCUT2D eigenvalue weighted by Crippen LogP contribution is 2.29. The molecule has 0 radical (unpaired) electrons. The lowest BCUT2D eigenvalue weighted by Gasteiger charge is -2.10. The molecule has 156 valence electrons. The number of aromatic nitrogens is 1. The third-order valence-electron chi connectivity index (χ3n) is 4.25. The summed E-state index contributed by atoms with van der Waals surface area (Å²) in [6, 6.07) is 19.9. The fourth-order valence-corrected chi connectivity index (χ4v) is 3.48. The second kappa shape index (κ2) is 9.27. The molecule has 7 nitrogen and oxygen atoms in total. The largest absolute Gasteiger partial charge is 0.458 e. The van der Waals surface area contributed by atoms with Gasteiger partial charge in [0, 0.05) is 12.3 Å². The summed E-state index contributed by atoms with van der Waals surface area (Å²) in [4.78, 5) is 28.3. The highest BCUT2D eigenvalue weighted by Gasteiger charge is 2.16. The van der Waals surface area contributed by atoms with E-state index in [0.29, 0.717) is 46.0 Å². The Morgan fingerprint density at radius 3 is 2.61 bits per heavy atom. The Kier molecular flexibility index (Phi) is 6.09. The Morgan fingerprint density at radius 1 is 1.03 bits per heavy atom. The molecule has 4 aromatic rings. The van der Waals surface area contributed by atoms with Gasteiger partial charge in [0.25, 0.3) is 5.91 Å². The molecule has 2 aromatic heterocycles. The van der Waals surface area contributed by atoms with E-state index in [2.05, 4.69) is 15.6 Å². The first-order chi connectivity index (χ1) is 15.1. The monoisotopic (exact) mass is 433 g/mol. The topological polar surface area (TPSA) is 93.5 Å². The van der Waals surface area contributed by atoms with Crippen molar-refractivity contribution < 1.29 is 18.7 Å². The number of anilines is 1. The lowest BCUT2D eigenvalue weighted by atomic mass is 10.2. The van der Waals surface area contributed by atoms with Gasteiger partial charge in [0.2, 0.25) is 5.91 Å². The maximum Gasteiger partial charge on any atom is 0.261 e. The first kappa shape index (κ1) is 20.4. The molecule has 2 N–H and O–H groups in total. The van der Waals surface area contributed by atoms with Crippen LogP contribution in [-0.4, -0.2) is 16.8 Å². The van der Waals surface area contributed by atoms with E-state index in [-0.39, 0.29) is 11.8 Å². The van der Waals surface area contributed by atoms with Gasteiger partial charge >= 0.3 is 0 Å². The average Bonchev–Trinajstić information content (AvgIpc) is 3.43. The van der Waals surface area contributed by atoms with E-state index in [0.717, 1.165) is 0 Å². The number of nitrogens with zero attached hydrogens (tertiary/aromatic N) is 1. The molecule has 31 heavy (non-hydrogen) atoms. The van der Waals surface area contributed by atoms with Crippen molar-refractivity contribution in [3.05, 3.63) is 83.4 Å². The van der Waals surface area contributed by atoms with Crippen molar-refractivity contribution in [2.24, 2.45) is 0 Å². The van der Waals surface area contributed by atoms with Crippen LogP contribution in [-0.2, 0) is 11.3 Å². The first-order valence-electron chi connectivity index (χ1n) is 9.51. The highest BCUT2D eigenvalue weighted by atomic mass is 32.1. The molecule has 0 spiro atoms. The van der Waals surface area contributed by atoms with Gasteiger partial charge in [-0.2, -0.15) is 0 Å². The Morgan fingerprint density at radius 2 is 1.81 bits per heavy atom. The summed E-state index contributed by atoms with van der Waals surface area (Å²) in [5.41, 5.74) is 1.00. The van der Waals surface area contributed by atoms with Crippen LogP contribution in [0.1, 0.15) is 23.0 Å². The fraction of sp³-hybridized carbons (Fsp3) is 0.0870. The molecular formula is C23H19N3O4S. The number of amides is 2. The molecule has 0 unspecified atom stereocenters. The normalized spacial score (nSPS) is 10.5. The summed E-state index contributed by atoms with van der Waals surface area (Å²) in [6.07, 6.45) is 0. The van der Waals surface area contributed by atoms with Crippen molar-refractivity contribution in [3.8, 4) is 23.0 Å². The SMILES string of the molecule is CC(=O)NCc1ccc(-c2csc(NC(=O)c3ccccc3Oc3ccccc3)n2)o1. The lowest BCUT2D eigenvalue weighted by molar-refractivity contribution is -0.119. The van der Waals surface area contributed by atoms with Crippen molar-refractivity contribution in [1.82, 2.24) is 10.3 Å². The molecule has 2 heterocycles. The van der Waals surface area contributed by atoms with Crippen LogP contribution in [0.3, 0.4) is 0 Å². The minimum atomic E-state index is -0.321. The summed E-state index contributed by atoms with van der Waals surface area (Å²) < 4.78 is 11.6. The van der Waals surface area contributed by atoms with Crippen LogP contribution in [0.4, 0.5) is 5.13 Å². The smallest absolute Gasteiger partial charge is 0.261 e. The van der Waals surface area contributed by atoms with Crippen LogP contribution in [0.2, 0.25) is 0 Å². The Hall–Kier alpha value is -3.91. The zero-order chi connectivity index (χ0) is 21.6. The van der Waals surface area contributed by atoms with Gasteiger partial charge in [-0.05, 0) is 36.4 Å². The molecule has 0 bridgehead atoms. The summed E-state index contributed by atoms with van der Waals surface area (Å²) in [5.74, 6) is 1.83. The van der Waals surface area contributed by atoms with Gasteiger partial charge < -0.3 is 14.5 Å². The summed E-state index contributed by atoms with van der Waals surface area (Å²) in [5, 5.41) is 7.72. The molecule has 0 aliphatic carbocycles. The number of carbonyl (C=O) groups excluding carboxylic acids is 2. The minimum Gasteiger partial charge on any atom is -0.458 e. The highest BCUT2D eigenvalue weighted by molar-refractivity contribution is 7.14. The molecule has 2 amide bonds. The number of thiazole rings is 1. The molecule has 4 rings (SSSR count). The van der Waals surface area contributed by atoms with Crippen molar-refractivity contribution >= 4 is 28.3 Å². The molecule has 0 atom stereocenters. The number of carbonyl (C=O) groups is 2. The van der Waals surface area contributed by atoms with E-state index in [9.17, 15) is 9.59 Å². The maximum absolute atomic E-state index is 12.8. The van der Waals surface area contributed by atoms with Gasteiger partial charge in [-0.3, -0.25) is 14.9 Å². The summed E-state index contributed by atoms with van der Waals surface area (Å²) >= 11 is 1.29. The van der Waals surface area contributed by atoms with E-state index in [1.165, 1.54) is 18.3 Å². The summed E-state index contributed by atoms with van der Waals surface area (Å²) in [7, 11) is 0. The Bertz CT molecular complexity index is 1200. The van der Waals surface area contributed by atoms with Gasteiger partial charge in [0.05, 0.1) is 12.1 Å². The van der Waals surface area contributed by atoms with Gasteiger partial charge in [0.15, 0.2) is 10.9 Å².